The molecule has 0 bridgehead atoms. The number of carbonyl (C=O) groups excluding carboxylic acids is 1. The van der Waals surface area contributed by atoms with Crippen LogP contribution in [0.3, 0.4) is 0 Å². The second-order valence-electron chi connectivity index (χ2n) is 8.78. The van der Waals surface area contributed by atoms with E-state index >= 15 is 0 Å². The van der Waals surface area contributed by atoms with E-state index in [1.807, 2.05) is 25.3 Å². The Labute approximate surface area is 200 Å². The van der Waals surface area contributed by atoms with Gasteiger partial charge in [0.25, 0.3) is 5.91 Å². The van der Waals surface area contributed by atoms with Gasteiger partial charge in [-0.15, -0.1) is 11.3 Å². The van der Waals surface area contributed by atoms with Crippen molar-refractivity contribution in [2.45, 2.75) is 32.6 Å². The lowest BCUT2D eigenvalue weighted by molar-refractivity contribution is 0.102. The van der Waals surface area contributed by atoms with E-state index in [1.54, 1.807) is 5.38 Å². The first-order valence-electron chi connectivity index (χ1n) is 11.4. The molecule has 34 heavy (non-hydrogen) atoms. The highest BCUT2D eigenvalue weighted by Gasteiger charge is 2.18. The monoisotopic (exact) mass is 465 g/mol. The number of carbonyl (C=O) groups is 1. The van der Waals surface area contributed by atoms with Crippen molar-refractivity contribution in [1.29, 1.82) is 0 Å². The fourth-order valence-corrected chi connectivity index (χ4v) is 5.77. The van der Waals surface area contributed by atoms with Crippen LogP contribution in [0.4, 0.5) is 11.5 Å². The molecule has 1 aliphatic carbocycles. The first-order valence-corrected chi connectivity index (χ1v) is 12.2. The minimum absolute atomic E-state index is 0.211. The summed E-state index contributed by atoms with van der Waals surface area (Å²) in [5.41, 5.74) is 14.0. The maximum Gasteiger partial charge on any atom is 0.258 e. The highest BCUT2D eigenvalue weighted by molar-refractivity contribution is 7.18. The number of fused-ring (bicyclic) bond motifs is 3. The summed E-state index contributed by atoms with van der Waals surface area (Å²) in [7, 11) is 0. The molecule has 2 aromatic carbocycles. The van der Waals surface area contributed by atoms with Crippen LogP contribution in [0.1, 0.15) is 44.7 Å². The average molecular weight is 466 g/mol. The maximum atomic E-state index is 13.3. The van der Waals surface area contributed by atoms with Gasteiger partial charge in [0.2, 0.25) is 0 Å². The number of nitrogens with zero attached hydrogens (tertiary/aromatic N) is 3. The van der Waals surface area contributed by atoms with Gasteiger partial charge in [-0.25, -0.2) is 9.97 Å². The Morgan fingerprint density at radius 2 is 1.94 bits per heavy atom. The molecule has 0 saturated carbocycles. The topological polar surface area (TPSA) is 93.8 Å². The predicted molar refractivity (Wildman–Crippen MR) is 138 cm³/mol. The Hall–Kier alpha value is -3.84. The van der Waals surface area contributed by atoms with Crippen molar-refractivity contribution < 1.29 is 4.79 Å². The lowest BCUT2D eigenvalue weighted by atomic mass is 9.98. The molecule has 0 saturated heterocycles. The first-order chi connectivity index (χ1) is 16.6. The molecule has 5 aromatic rings. The van der Waals surface area contributed by atoms with Crippen LogP contribution in [-0.4, -0.2) is 20.9 Å². The largest absolute Gasteiger partial charge is 0.382 e. The molecule has 0 radical (unpaired) electrons. The number of benzene rings is 2. The number of hydrogen-bond acceptors (Lipinski definition) is 6. The number of anilines is 2. The van der Waals surface area contributed by atoms with Crippen LogP contribution in [0.15, 0.2) is 54.3 Å². The maximum absolute atomic E-state index is 13.3. The van der Waals surface area contributed by atoms with Gasteiger partial charge < -0.3 is 11.1 Å². The molecule has 0 atom stereocenters. The molecular weight excluding hydrogens is 442 g/mol. The summed E-state index contributed by atoms with van der Waals surface area (Å²) in [6, 6.07) is 12.9. The zero-order valence-electron chi connectivity index (χ0n) is 18.8. The second kappa shape index (κ2) is 8.18. The second-order valence-corrected chi connectivity index (χ2v) is 9.66. The van der Waals surface area contributed by atoms with Gasteiger partial charge in [0.15, 0.2) is 0 Å². The van der Waals surface area contributed by atoms with Crippen molar-refractivity contribution in [2.24, 2.45) is 0 Å². The molecule has 168 valence electrons. The Bertz CT molecular complexity index is 1590. The van der Waals surface area contributed by atoms with Crippen molar-refractivity contribution in [1.82, 2.24) is 15.0 Å². The van der Waals surface area contributed by atoms with Crippen LogP contribution >= 0.6 is 11.3 Å². The SMILES string of the molecule is Cc1ccc2c(Cc3ccc4c(c3)CCC4)nccc2c1NC(=O)c1csc2c(N)ncnc12. The summed E-state index contributed by atoms with van der Waals surface area (Å²) < 4.78 is 0.725. The fourth-order valence-electron chi connectivity index (χ4n) is 4.87. The van der Waals surface area contributed by atoms with Crippen molar-refractivity contribution in [3.8, 4) is 0 Å². The number of hydrogen-bond donors (Lipinski definition) is 2. The number of nitrogens with one attached hydrogen (secondary N) is 1. The molecular formula is C27H23N5OS. The van der Waals surface area contributed by atoms with Crippen LogP contribution in [-0.2, 0) is 19.3 Å². The smallest absolute Gasteiger partial charge is 0.258 e. The van der Waals surface area contributed by atoms with Gasteiger partial charge in [-0.2, -0.15) is 0 Å². The minimum Gasteiger partial charge on any atom is -0.382 e. The number of nitrogen functional groups attached to an aromatic ring is 1. The minimum atomic E-state index is -0.211. The molecule has 0 unspecified atom stereocenters. The van der Waals surface area contributed by atoms with Gasteiger partial charge in [0.1, 0.15) is 12.1 Å². The summed E-state index contributed by atoms with van der Waals surface area (Å²) in [6.45, 7) is 2.00. The van der Waals surface area contributed by atoms with Gasteiger partial charge in [-0.1, -0.05) is 30.3 Å². The average Bonchev–Trinajstić information content (AvgIpc) is 3.48. The van der Waals surface area contributed by atoms with Crippen LogP contribution in [0.25, 0.3) is 21.0 Å². The van der Waals surface area contributed by atoms with Gasteiger partial charge in [-0.3, -0.25) is 9.78 Å². The summed E-state index contributed by atoms with van der Waals surface area (Å²) in [4.78, 5) is 26.3. The Kier molecular flexibility index (Phi) is 4.99. The first kappa shape index (κ1) is 20.7. The highest BCUT2D eigenvalue weighted by Crippen LogP contribution is 2.33. The molecule has 7 heteroatoms. The molecule has 1 amide bonds. The molecule has 6 nitrogen and oxygen atoms in total. The van der Waals surface area contributed by atoms with Crippen LogP contribution in [0.5, 0.6) is 0 Å². The van der Waals surface area contributed by atoms with E-state index < -0.39 is 0 Å². The number of aromatic nitrogens is 3. The molecule has 3 aromatic heterocycles. The van der Waals surface area contributed by atoms with Gasteiger partial charge in [-0.05, 0) is 54.5 Å². The van der Waals surface area contributed by atoms with E-state index in [4.69, 9.17) is 10.7 Å². The zero-order valence-corrected chi connectivity index (χ0v) is 19.6. The number of nitrogens with two attached hydrogens (primary N) is 1. The molecule has 0 fully saturated rings. The molecule has 6 rings (SSSR count). The fraction of sp³-hybridized carbons (Fsp3) is 0.185. The molecule has 0 spiro atoms. The molecule has 3 heterocycles. The third-order valence-electron chi connectivity index (χ3n) is 6.64. The van der Waals surface area contributed by atoms with Crippen molar-refractivity contribution in [3.05, 3.63) is 87.8 Å². The number of pyridine rings is 1. The van der Waals surface area contributed by atoms with E-state index in [-0.39, 0.29) is 5.91 Å². The van der Waals surface area contributed by atoms with E-state index in [0.717, 1.165) is 45.3 Å². The third-order valence-corrected chi connectivity index (χ3v) is 7.63. The Balaban J connectivity index is 1.37. The van der Waals surface area contributed by atoms with Crippen LogP contribution < -0.4 is 11.1 Å². The van der Waals surface area contributed by atoms with Gasteiger partial charge >= 0.3 is 0 Å². The van der Waals surface area contributed by atoms with Crippen molar-refractivity contribution >= 4 is 49.7 Å². The van der Waals surface area contributed by atoms with E-state index in [2.05, 4.69) is 39.6 Å². The Morgan fingerprint density at radius 1 is 1.06 bits per heavy atom. The summed E-state index contributed by atoms with van der Waals surface area (Å²) in [5.74, 6) is 0.176. The van der Waals surface area contributed by atoms with Crippen LogP contribution in [0, 0.1) is 6.92 Å². The quantitative estimate of drug-likeness (QED) is 0.367. The number of aryl methyl sites for hydroxylation is 3. The van der Waals surface area contributed by atoms with Crippen molar-refractivity contribution in [3.63, 3.8) is 0 Å². The number of amides is 1. The Morgan fingerprint density at radius 3 is 2.85 bits per heavy atom. The van der Waals surface area contributed by atoms with Gasteiger partial charge in [0, 0.05) is 28.8 Å². The lowest BCUT2D eigenvalue weighted by Gasteiger charge is -2.14. The summed E-state index contributed by atoms with van der Waals surface area (Å²) in [6.07, 6.45) is 7.56. The zero-order chi connectivity index (χ0) is 23.2. The van der Waals surface area contributed by atoms with Crippen LogP contribution in [0.2, 0.25) is 0 Å². The lowest BCUT2D eigenvalue weighted by Crippen LogP contribution is -2.13. The number of rotatable bonds is 4. The highest BCUT2D eigenvalue weighted by atomic mass is 32.1. The van der Waals surface area contributed by atoms with E-state index in [9.17, 15) is 4.79 Å². The predicted octanol–water partition coefficient (Wildman–Crippen LogP) is 5.46. The van der Waals surface area contributed by atoms with Crippen molar-refractivity contribution in [2.75, 3.05) is 11.1 Å². The number of thiophene rings is 1. The van der Waals surface area contributed by atoms with E-state index in [0.29, 0.717) is 16.9 Å². The standard InChI is InChI=1S/C27H23N5OS/c1-15-5-8-19-20(9-10-29-22(19)12-16-6-7-17-3-2-4-18(17)11-16)23(15)32-27(33)21-13-34-25-24(21)30-14-31-26(25)28/h5-11,13-14H,2-4,12H2,1H3,(H,32,33)(H2,28,30,31). The van der Waals surface area contributed by atoms with E-state index in [1.165, 1.54) is 47.2 Å². The molecule has 0 aliphatic heterocycles. The van der Waals surface area contributed by atoms with Gasteiger partial charge in [0.05, 0.1) is 27.2 Å². The molecule has 3 N–H and O–H groups in total. The normalized spacial score (nSPS) is 12.9. The summed E-state index contributed by atoms with van der Waals surface area (Å²) in [5, 5.41) is 6.94. The summed E-state index contributed by atoms with van der Waals surface area (Å²) >= 11 is 1.38. The molecule has 1 aliphatic rings. The third kappa shape index (κ3) is 3.49.